The first-order valence-corrected chi connectivity index (χ1v) is 10.8. The third-order valence-corrected chi connectivity index (χ3v) is 7.36. The summed E-state index contributed by atoms with van der Waals surface area (Å²) >= 11 is 0. The van der Waals surface area contributed by atoms with Gasteiger partial charge in [0, 0.05) is 18.9 Å². The zero-order valence-electron chi connectivity index (χ0n) is 17.3. The summed E-state index contributed by atoms with van der Waals surface area (Å²) in [6.45, 7) is 0.319. The summed E-state index contributed by atoms with van der Waals surface area (Å²) in [5, 5.41) is 0. The van der Waals surface area contributed by atoms with E-state index in [0.717, 1.165) is 55.9 Å². The fourth-order valence-electron chi connectivity index (χ4n) is 6.58. The third kappa shape index (κ3) is 4.06. The number of hydrogen-bond donors (Lipinski definition) is 0. The van der Waals surface area contributed by atoms with E-state index in [2.05, 4.69) is 9.97 Å². The molecule has 32 heavy (non-hydrogen) atoms. The van der Waals surface area contributed by atoms with E-state index in [9.17, 15) is 26.3 Å². The maximum Gasteiger partial charge on any atom is 0.416 e. The Kier molecular flexibility index (Phi) is 4.94. The second-order valence-electron chi connectivity index (χ2n) is 9.80. The molecule has 0 saturated heterocycles. The molecule has 2 aromatic heterocycles. The van der Waals surface area contributed by atoms with Crippen molar-refractivity contribution in [3.05, 3.63) is 47.8 Å². The molecule has 4 saturated carbocycles. The van der Waals surface area contributed by atoms with Gasteiger partial charge in [-0.1, -0.05) is 0 Å². The van der Waals surface area contributed by atoms with Crippen molar-refractivity contribution in [2.45, 2.75) is 50.9 Å². The summed E-state index contributed by atoms with van der Waals surface area (Å²) < 4.78 is 80.2. The van der Waals surface area contributed by atoms with Crippen LogP contribution in [0.25, 0.3) is 0 Å². The van der Waals surface area contributed by atoms with E-state index >= 15 is 0 Å². The molecule has 0 unspecified atom stereocenters. The van der Waals surface area contributed by atoms with Gasteiger partial charge in [-0.25, -0.2) is 9.97 Å². The predicted octanol–water partition coefficient (Wildman–Crippen LogP) is 6.87. The standard InChI is InChI=1S/C23H23F6N3/c24-22(25,26)17-1-3-30-19(8-17)32(20-9-18(2-4-31-20)23(27,28)29)13-21-10-14-5-15(11-21)7-16(6-14)12-21/h1-4,8-9,14-16H,5-7,10-13H2. The van der Waals surface area contributed by atoms with Crippen molar-refractivity contribution in [2.24, 2.45) is 23.2 Å². The summed E-state index contributed by atoms with van der Waals surface area (Å²) in [5.74, 6) is 1.72. The number of pyridine rings is 2. The zero-order chi connectivity index (χ0) is 22.7. The first-order chi connectivity index (χ1) is 15.0. The summed E-state index contributed by atoms with van der Waals surface area (Å²) in [5.41, 5.74) is -1.91. The van der Waals surface area contributed by atoms with Crippen LogP contribution < -0.4 is 4.90 Å². The van der Waals surface area contributed by atoms with Gasteiger partial charge in [0.25, 0.3) is 0 Å². The highest BCUT2D eigenvalue weighted by molar-refractivity contribution is 5.58. The molecule has 4 fully saturated rings. The smallest absolute Gasteiger partial charge is 0.310 e. The first kappa shape index (κ1) is 21.5. The van der Waals surface area contributed by atoms with Crippen LogP contribution in [-0.4, -0.2) is 16.5 Å². The fourth-order valence-corrected chi connectivity index (χ4v) is 6.58. The molecule has 0 aromatic carbocycles. The molecule has 9 heteroatoms. The van der Waals surface area contributed by atoms with Crippen LogP contribution in [0.4, 0.5) is 38.0 Å². The van der Waals surface area contributed by atoms with E-state index in [0.29, 0.717) is 24.3 Å². The highest BCUT2D eigenvalue weighted by atomic mass is 19.4. The summed E-state index contributed by atoms with van der Waals surface area (Å²) in [4.78, 5) is 9.72. The Labute approximate surface area is 181 Å². The van der Waals surface area contributed by atoms with Crippen LogP contribution in [0, 0.1) is 23.2 Å². The Morgan fingerprint density at radius 3 is 1.53 bits per heavy atom. The van der Waals surface area contributed by atoms with Crippen molar-refractivity contribution in [3.63, 3.8) is 0 Å². The molecule has 172 valence electrons. The van der Waals surface area contributed by atoms with Gasteiger partial charge in [0.2, 0.25) is 0 Å². The molecule has 4 bridgehead atoms. The number of rotatable bonds is 4. The van der Waals surface area contributed by atoms with E-state index in [-0.39, 0.29) is 17.1 Å². The highest BCUT2D eigenvalue weighted by Crippen LogP contribution is 2.60. The van der Waals surface area contributed by atoms with Crippen LogP contribution in [0.5, 0.6) is 0 Å². The molecule has 0 radical (unpaired) electrons. The van der Waals surface area contributed by atoms with Crippen LogP contribution in [-0.2, 0) is 12.4 Å². The summed E-state index contributed by atoms with van der Waals surface area (Å²) in [6, 6.07) is 3.54. The fraction of sp³-hybridized carbons (Fsp3) is 0.565. The van der Waals surface area contributed by atoms with Crippen LogP contribution in [0.3, 0.4) is 0 Å². The second-order valence-corrected chi connectivity index (χ2v) is 9.80. The van der Waals surface area contributed by atoms with Gasteiger partial charge in [-0.15, -0.1) is 0 Å². The molecule has 0 spiro atoms. The zero-order valence-corrected chi connectivity index (χ0v) is 17.3. The number of alkyl halides is 6. The van der Waals surface area contributed by atoms with Gasteiger partial charge >= 0.3 is 12.4 Å². The normalized spacial score (nSPS) is 29.4. The van der Waals surface area contributed by atoms with Gasteiger partial charge in [0.1, 0.15) is 11.6 Å². The van der Waals surface area contributed by atoms with Gasteiger partial charge in [0.15, 0.2) is 0 Å². The van der Waals surface area contributed by atoms with Crippen molar-refractivity contribution < 1.29 is 26.3 Å². The minimum Gasteiger partial charge on any atom is -0.310 e. The maximum atomic E-state index is 13.4. The van der Waals surface area contributed by atoms with Crippen LogP contribution in [0.2, 0.25) is 0 Å². The van der Waals surface area contributed by atoms with Gasteiger partial charge in [0.05, 0.1) is 11.1 Å². The Bertz CT molecular complexity index is 907. The van der Waals surface area contributed by atoms with Crippen LogP contribution >= 0.6 is 0 Å². The molecular formula is C23H23F6N3. The molecule has 3 nitrogen and oxygen atoms in total. The quantitative estimate of drug-likeness (QED) is 0.471. The Morgan fingerprint density at radius 1 is 0.750 bits per heavy atom. The Balaban J connectivity index is 1.56. The lowest BCUT2D eigenvalue weighted by atomic mass is 9.49. The number of hydrogen-bond acceptors (Lipinski definition) is 3. The number of nitrogens with zero attached hydrogens (tertiary/aromatic N) is 3. The largest absolute Gasteiger partial charge is 0.416 e. The lowest BCUT2D eigenvalue weighted by Crippen LogP contribution is -2.50. The van der Waals surface area contributed by atoms with Crippen molar-refractivity contribution in [2.75, 3.05) is 11.4 Å². The third-order valence-electron chi connectivity index (χ3n) is 7.36. The molecule has 0 aliphatic heterocycles. The van der Waals surface area contributed by atoms with Crippen molar-refractivity contribution in [1.29, 1.82) is 0 Å². The van der Waals surface area contributed by atoms with E-state index in [1.165, 1.54) is 24.2 Å². The van der Waals surface area contributed by atoms with E-state index in [4.69, 9.17) is 0 Å². The van der Waals surface area contributed by atoms with E-state index < -0.39 is 23.5 Å². The molecule has 0 amide bonds. The summed E-state index contributed by atoms with van der Waals surface area (Å²) in [7, 11) is 0. The molecule has 4 aliphatic rings. The number of halogens is 6. The van der Waals surface area contributed by atoms with Gasteiger partial charge < -0.3 is 4.90 Å². The average molecular weight is 455 g/mol. The monoisotopic (exact) mass is 455 g/mol. The SMILES string of the molecule is FC(F)(F)c1ccnc(N(CC23CC4CC(CC(C4)C2)C3)c2cc(C(F)(F)F)ccn2)c1. The van der Waals surface area contributed by atoms with Crippen molar-refractivity contribution in [3.8, 4) is 0 Å². The average Bonchev–Trinajstić information content (AvgIpc) is 2.70. The highest BCUT2D eigenvalue weighted by Gasteiger charge is 2.51. The van der Waals surface area contributed by atoms with Crippen molar-refractivity contribution >= 4 is 11.6 Å². The minimum absolute atomic E-state index is 0.0256. The van der Waals surface area contributed by atoms with E-state index in [1.54, 1.807) is 0 Å². The second kappa shape index (κ2) is 7.35. The van der Waals surface area contributed by atoms with Crippen molar-refractivity contribution in [1.82, 2.24) is 9.97 Å². The first-order valence-electron chi connectivity index (χ1n) is 10.8. The predicted molar refractivity (Wildman–Crippen MR) is 106 cm³/mol. The Morgan fingerprint density at radius 2 is 1.16 bits per heavy atom. The van der Waals surface area contributed by atoms with Crippen LogP contribution in [0.1, 0.15) is 49.7 Å². The molecule has 6 rings (SSSR count). The Hall–Kier alpha value is -2.32. The van der Waals surface area contributed by atoms with Gasteiger partial charge in [-0.2, -0.15) is 26.3 Å². The maximum absolute atomic E-state index is 13.4. The molecule has 0 atom stereocenters. The minimum atomic E-state index is -4.58. The number of aromatic nitrogens is 2. The molecule has 2 aromatic rings. The topological polar surface area (TPSA) is 29.0 Å². The molecule has 0 N–H and O–H groups in total. The van der Waals surface area contributed by atoms with Gasteiger partial charge in [-0.3, -0.25) is 0 Å². The number of anilines is 2. The summed E-state index contributed by atoms with van der Waals surface area (Å²) in [6.07, 6.45) is -0.643. The lowest BCUT2D eigenvalue weighted by Gasteiger charge is -2.57. The molecule has 2 heterocycles. The van der Waals surface area contributed by atoms with Gasteiger partial charge in [-0.05, 0) is 86.0 Å². The molecular weight excluding hydrogens is 432 g/mol. The van der Waals surface area contributed by atoms with Crippen LogP contribution in [0.15, 0.2) is 36.7 Å². The molecule has 4 aliphatic carbocycles. The lowest BCUT2D eigenvalue weighted by molar-refractivity contribution is -0.138. The van der Waals surface area contributed by atoms with E-state index in [1.807, 2.05) is 0 Å².